The van der Waals surface area contributed by atoms with Crippen molar-refractivity contribution in [3.8, 4) is 0 Å². The molecule has 2 atom stereocenters. The summed E-state index contributed by atoms with van der Waals surface area (Å²) in [6, 6.07) is 4.03. The van der Waals surface area contributed by atoms with Gasteiger partial charge in [-0.15, -0.1) is 0 Å². The van der Waals surface area contributed by atoms with Crippen molar-refractivity contribution in [3.05, 3.63) is 47.5 Å². The van der Waals surface area contributed by atoms with Gasteiger partial charge >= 0.3 is 12.1 Å². The monoisotopic (exact) mass is 453 g/mol. The Morgan fingerprint density at radius 2 is 1.97 bits per heavy atom. The van der Waals surface area contributed by atoms with Crippen molar-refractivity contribution in [2.75, 3.05) is 16.8 Å². The van der Waals surface area contributed by atoms with E-state index in [0.717, 1.165) is 18.6 Å². The Kier molecular flexibility index (Phi) is 6.95. The molecule has 0 saturated carbocycles. The van der Waals surface area contributed by atoms with E-state index in [4.69, 9.17) is 5.41 Å². The fourth-order valence-electron chi connectivity index (χ4n) is 3.78. The van der Waals surface area contributed by atoms with Crippen molar-refractivity contribution in [2.24, 2.45) is 0 Å². The molecule has 2 aromatic rings. The van der Waals surface area contributed by atoms with Crippen LogP contribution in [0.1, 0.15) is 50.3 Å². The molecule has 2 heterocycles. The van der Waals surface area contributed by atoms with E-state index < -0.39 is 23.6 Å². The first-order valence-corrected chi connectivity index (χ1v) is 10.2. The van der Waals surface area contributed by atoms with E-state index in [1.165, 1.54) is 25.4 Å². The molecule has 1 fully saturated rings. The van der Waals surface area contributed by atoms with E-state index in [1.54, 1.807) is 4.90 Å². The van der Waals surface area contributed by atoms with Gasteiger partial charge in [0, 0.05) is 13.5 Å². The van der Waals surface area contributed by atoms with Gasteiger partial charge in [0.1, 0.15) is 12.4 Å². The molecule has 0 radical (unpaired) electrons. The molecule has 1 amide bonds. The topological polar surface area (TPSA) is 95.7 Å². The molecule has 1 aliphatic heterocycles. The minimum absolute atomic E-state index is 0.0536. The largest absolute Gasteiger partial charge is 0.416 e. The number of aromatic nitrogens is 2. The number of nitrogens with one attached hydrogen (secondary N) is 2. The zero-order valence-corrected chi connectivity index (χ0v) is 17.7. The second-order valence-corrected chi connectivity index (χ2v) is 7.57. The van der Waals surface area contributed by atoms with Crippen molar-refractivity contribution in [2.45, 2.75) is 51.4 Å². The van der Waals surface area contributed by atoms with Crippen LogP contribution < -0.4 is 20.9 Å². The summed E-state index contributed by atoms with van der Waals surface area (Å²) in [6.45, 7) is 3.63. The normalized spacial score (nSPS) is 17.2. The van der Waals surface area contributed by atoms with Gasteiger partial charge in [0.25, 0.3) is 5.84 Å². The van der Waals surface area contributed by atoms with Crippen LogP contribution in [-0.2, 0) is 11.0 Å². The summed E-state index contributed by atoms with van der Waals surface area (Å²) < 4.78 is 54.0. The first-order valence-electron chi connectivity index (χ1n) is 10.2. The van der Waals surface area contributed by atoms with Crippen molar-refractivity contribution in [1.82, 2.24) is 15.3 Å². The Morgan fingerprint density at radius 1 is 1.28 bits per heavy atom. The van der Waals surface area contributed by atoms with Gasteiger partial charge in [-0.25, -0.2) is 20.1 Å². The Labute approximate surface area is 182 Å². The first kappa shape index (κ1) is 23.4. The molecule has 2 unspecified atom stereocenters. The predicted octanol–water partition coefficient (Wildman–Crippen LogP) is 2.46. The minimum atomic E-state index is -4.42. The maximum absolute atomic E-state index is 15.3. The van der Waals surface area contributed by atoms with Gasteiger partial charge in [0.2, 0.25) is 5.82 Å². The van der Waals surface area contributed by atoms with E-state index in [0.29, 0.717) is 24.9 Å². The van der Waals surface area contributed by atoms with Gasteiger partial charge < -0.3 is 10.2 Å². The Hall–Kier alpha value is -3.24. The number of anilines is 2. The molecule has 32 heavy (non-hydrogen) atoms. The number of benzene rings is 1. The highest BCUT2D eigenvalue weighted by Crippen LogP contribution is 2.38. The molecule has 0 spiro atoms. The number of nitrogens with two attached hydrogens (primary N) is 1. The molecule has 172 valence electrons. The average molecular weight is 453 g/mol. The number of hydrogen-bond donors (Lipinski definition) is 3. The van der Waals surface area contributed by atoms with Gasteiger partial charge in [-0.05, 0) is 37.0 Å². The van der Waals surface area contributed by atoms with Gasteiger partial charge in [0.05, 0.1) is 11.6 Å². The van der Waals surface area contributed by atoms with Crippen LogP contribution in [0.15, 0.2) is 30.6 Å². The third-order valence-electron chi connectivity index (χ3n) is 5.33. The van der Waals surface area contributed by atoms with Gasteiger partial charge in [-0.2, -0.15) is 17.6 Å². The summed E-state index contributed by atoms with van der Waals surface area (Å²) in [5, 5.41) is 11.3. The van der Waals surface area contributed by atoms with Crippen LogP contribution in [0.4, 0.5) is 29.2 Å². The summed E-state index contributed by atoms with van der Waals surface area (Å²) >= 11 is 0. The van der Waals surface area contributed by atoms with Gasteiger partial charge in [0.15, 0.2) is 11.6 Å². The van der Waals surface area contributed by atoms with Crippen LogP contribution in [0.2, 0.25) is 0 Å². The molecular formula is C21H25F4N6O+. The smallest absolute Gasteiger partial charge is 0.354 e. The number of nitrogens with zero attached hydrogens (tertiary/aromatic N) is 3. The van der Waals surface area contributed by atoms with Crippen molar-refractivity contribution >= 4 is 23.4 Å². The van der Waals surface area contributed by atoms with Crippen LogP contribution in [0, 0.1) is 5.82 Å². The number of rotatable bonds is 6. The Bertz CT molecular complexity index is 979. The van der Waals surface area contributed by atoms with E-state index >= 15 is 4.39 Å². The van der Waals surface area contributed by atoms with Crippen molar-refractivity contribution in [1.29, 1.82) is 0 Å². The number of carbonyl (C=O) groups is 1. The lowest BCUT2D eigenvalue weighted by molar-refractivity contribution is -0.137. The third kappa shape index (κ3) is 5.14. The fourth-order valence-corrected chi connectivity index (χ4v) is 3.78. The number of amides is 1. The molecular weight excluding hydrogens is 428 g/mol. The van der Waals surface area contributed by atoms with Crippen LogP contribution in [0.25, 0.3) is 0 Å². The van der Waals surface area contributed by atoms with Crippen LogP contribution in [-0.4, -0.2) is 34.3 Å². The zero-order chi connectivity index (χ0) is 23.5. The second-order valence-electron chi connectivity index (χ2n) is 7.57. The fraction of sp³-hybridized carbons (Fsp3) is 0.429. The summed E-state index contributed by atoms with van der Waals surface area (Å²) in [6.07, 6.45) is -1.36. The number of alkyl halides is 3. The third-order valence-corrected chi connectivity index (χ3v) is 5.33. The van der Waals surface area contributed by atoms with Crippen molar-refractivity contribution in [3.63, 3.8) is 0 Å². The second kappa shape index (κ2) is 9.49. The summed E-state index contributed by atoms with van der Waals surface area (Å²) in [7, 11) is 0. The lowest BCUT2D eigenvalue weighted by Gasteiger charge is -2.27. The average Bonchev–Trinajstić information content (AvgIpc) is 3.21. The van der Waals surface area contributed by atoms with Gasteiger partial charge in [-0.3, -0.25) is 5.41 Å². The molecule has 7 nitrogen and oxygen atoms in total. The Balaban J connectivity index is 1.84. The number of hydrogen-bond acceptors (Lipinski definition) is 5. The van der Waals surface area contributed by atoms with Crippen LogP contribution in [0.3, 0.4) is 0 Å². The highest BCUT2D eigenvalue weighted by Gasteiger charge is 2.33. The molecule has 0 bridgehead atoms. The quantitative estimate of drug-likeness (QED) is 0.355. The SMILES string of the molecule is CCC(Nc1ncnc(N2CCCC2c2ccc(C(F)(F)F)cc2)c1F)C(=[NH2+])NC(C)=O. The number of halogens is 4. The summed E-state index contributed by atoms with van der Waals surface area (Å²) in [4.78, 5) is 21.0. The summed E-state index contributed by atoms with van der Waals surface area (Å²) in [5.41, 5.74) is -0.0817. The van der Waals surface area contributed by atoms with Gasteiger partial charge in [-0.1, -0.05) is 19.1 Å². The molecule has 11 heteroatoms. The van der Waals surface area contributed by atoms with Crippen LogP contribution >= 0.6 is 0 Å². The molecule has 1 aliphatic rings. The van der Waals surface area contributed by atoms with E-state index in [2.05, 4.69) is 20.6 Å². The van der Waals surface area contributed by atoms with Crippen molar-refractivity contribution < 1.29 is 27.8 Å². The maximum Gasteiger partial charge on any atom is 0.416 e. The molecule has 1 aromatic heterocycles. The van der Waals surface area contributed by atoms with E-state index in [-0.39, 0.29) is 29.4 Å². The molecule has 1 saturated heterocycles. The van der Waals surface area contributed by atoms with E-state index in [1.807, 2.05) is 6.92 Å². The highest BCUT2D eigenvalue weighted by molar-refractivity contribution is 5.97. The minimum Gasteiger partial charge on any atom is -0.354 e. The standard InChI is InChI=1S/C21H24F4N6O/c1-3-15(18(26)29-12(2)32)30-19-17(22)20(28-11-27-19)31-10-4-5-16(31)13-6-8-14(9-7-13)21(23,24)25/h6-9,11,15-16H,3-5,10H2,1-2H3,(H2,26,29,32)(H,27,28,30)/p+1. The van der Waals surface area contributed by atoms with Crippen LogP contribution in [0.5, 0.6) is 0 Å². The lowest BCUT2D eigenvalue weighted by atomic mass is 10.0. The molecule has 3 rings (SSSR count). The Morgan fingerprint density at radius 3 is 2.56 bits per heavy atom. The lowest BCUT2D eigenvalue weighted by Crippen LogP contribution is -2.58. The number of carbonyl (C=O) groups excluding carboxylic acids is 1. The maximum atomic E-state index is 15.3. The number of amidine groups is 1. The molecule has 0 aliphatic carbocycles. The molecule has 1 aromatic carbocycles. The highest BCUT2D eigenvalue weighted by atomic mass is 19.4. The summed E-state index contributed by atoms with van der Waals surface area (Å²) in [5.74, 6) is -0.919. The predicted molar refractivity (Wildman–Crippen MR) is 111 cm³/mol. The first-order chi connectivity index (χ1) is 15.1. The van der Waals surface area contributed by atoms with E-state index in [9.17, 15) is 18.0 Å². The zero-order valence-electron chi connectivity index (χ0n) is 17.7. The molecule has 4 N–H and O–H groups in total.